The lowest BCUT2D eigenvalue weighted by molar-refractivity contribution is -0.149. The Balaban J connectivity index is 2.18. The highest BCUT2D eigenvalue weighted by Crippen LogP contribution is 2.22. The van der Waals surface area contributed by atoms with E-state index in [1.54, 1.807) is 0 Å². The fourth-order valence-electron chi connectivity index (χ4n) is 2.04. The summed E-state index contributed by atoms with van der Waals surface area (Å²) in [5, 5.41) is 11.6. The first-order valence-corrected chi connectivity index (χ1v) is 5.92. The Bertz CT molecular complexity index is 264. The molecule has 1 heterocycles. The van der Waals surface area contributed by atoms with E-state index in [9.17, 15) is 9.59 Å². The van der Waals surface area contributed by atoms with Gasteiger partial charge in [0.1, 0.15) is 0 Å². The quantitative estimate of drug-likeness (QED) is 0.579. The van der Waals surface area contributed by atoms with Gasteiger partial charge in [-0.15, -0.1) is 0 Å². The Morgan fingerprint density at radius 2 is 2.35 bits per heavy atom. The van der Waals surface area contributed by atoms with Gasteiger partial charge in [-0.1, -0.05) is 6.92 Å². The van der Waals surface area contributed by atoms with Gasteiger partial charge < -0.3 is 10.4 Å². The zero-order chi connectivity index (χ0) is 12.7. The van der Waals surface area contributed by atoms with Crippen molar-refractivity contribution in [2.24, 2.45) is 11.8 Å². The molecular formula is C11H20N2O4. The van der Waals surface area contributed by atoms with E-state index in [4.69, 9.17) is 5.11 Å². The molecule has 1 saturated heterocycles. The van der Waals surface area contributed by atoms with Crippen LogP contribution >= 0.6 is 0 Å². The third-order valence-electron chi connectivity index (χ3n) is 3.03. The Labute approximate surface area is 101 Å². The molecule has 2 unspecified atom stereocenters. The maximum atomic E-state index is 11.4. The summed E-state index contributed by atoms with van der Waals surface area (Å²) >= 11 is 0. The minimum atomic E-state index is -1.10. The van der Waals surface area contributed by atoms with Crippen molar-refractivity contribution in [1.29, 1.82) is 0 Å². The fourth-order valence-corrected chi connectivity index (χ4v) is 2.04. The van der Waals surface area contributed by atoms with Gasteiger partial charge in [0.25, 0.3) is 0 Å². The van der Waals surface area contributed by atoms with Crippen LogP contribution in [-0.4, -0.2) is 36.7 Å². The zero-order valence-electron chi connectivity index (χ0n) is 10.1. The molecule has 98 valence electrons. The molecule has 0 saturated carbocycles. The number of carboxylic acid groups (broad SMARTS) is 1. The van der Waals surface area contributed by atoms with Gasteiger partial charge in [0.05, 0.1) is 0 Å². The third-order valence-corrected chi connectivity index (χ3v) is 3.03. The highest BCUT2D eigenvalue weighted by atomic mass is 16.7. The van der Waals surface area contributed by atoms with E-state index in [2.05, 4.69) is 15.6 Å². The maximum absolute atomic E-state index is 11.4. The highest BCUT2D eigenvalue weighted by Gasteiger charge is 2.22. The van der Waals surface area contributed by atoms with Crippen molar-refractivity contribution in [2.75, 3.05) is 19.7 Å². The molecule has 0 radical (unpaired) electrons. The van der Waals surface area contributed by atoms with E-state index in [0.717, 1.165) is 25.9 Å². The van der Waals surface area contributed by atoms with Gasteiger partial charge in [0, 0.05) is 6.42 Å². The second-order valence-corrected chi connectivity index (χ2v) is 4.50. The second kappa shape index (κ2) is 7.24. The molecule has 3 N–H and O–H groups in total. The van der Waals surface area contributed by atoms with Gasteiger partial charge in [-0.05, 0) is 37.8 Å². The van der Waals surface area contributed by atoms with Crippen molar-refractivity contribution < 1.29 is 19.5 Å². The maximum Gasteiger partial charge on any atom is 0.332 e. The molecule has 1 aliphatic rings. The molecule has 1 fully saturated rings. The molecule has 17 heavy (non-hydrogen) atoms. The minimum Gasteiger partial charge on any atom is -0.479 e. The number of hydrogen-bond donors (Lipinski definition) is 3. The van der Waals surface area contributed by atoms with Crippen molar-refractivity contribution >= 4 is 11.9 Å². The van der Waals surface area contributed by atoms with Crippen LogP contribution in [0.4, 0.5) is 0 Å². The Morgan fingerprint density at radius 3 is 2.94 bits per heavy atom. The van der Waals surface area contributed by atoms with Crippen LogP contribution in [0.2, 0.25) is 0 Å². The molecule has 6 heteroatoms. The van der Waals surface area contributed by atoms with Gasteiger partial charge in [0.15, 0.2) is 6.61 Å². The summed E-state index contributed by atoms with van der Waals surface area (Å²) in [7, 11) is 0. The summed E-state index contributed by atoms with van der Waals surface area (Å²) in [6.07, 6.45) is 2.65. The smallest absolute Gasteiger partial charge is 0.332 e. The molecule has 2 atom stereocenters. The molecule has 1 amide bonds. The standard InChI is InChI=1S/C11H20N2O4/c1-8(9-3-2-4-12-6-9)5-10(14)13-17-7-11(15)16/h8-9,12H,2-7H2,1H3,(H,13,14)(H,15,16). The van der Waals surface area contributed by atoms with E-state index in [1.807, 2.05) is 6.92 Å². The van der Waals surface area contributed by atoms with Crippen molar-refractivity contribution in [2.45, 2.75) is 26.2 Å². The molecule has 1 rings (SSSR count). The Morgan fingerprint density at radius 1 is 1.59 bits per heavy atom. The van der Waals surface area contributed by atoms with Gasteiger partial charge >= 0.3 is 5.97 Å². The topological polar surface area (TPSA) is 87.7 Å². The number of carbonyl (C=O) groups is 2. The first kappa shape index (κ1) is 13.9. The summed E-state index contributed by atoms with van der Waals surface area (Å²) in [6, 6.07) is 0. The van der Waals surface area contributed by atoms with E-state index >= 15 is 0 Å². The van der Waals surface area contributed by atoms with Crippen molar-refractivity contribution in [1.82, 2.24) is 10.8 Å². The van der Waals surface area contributed by atoms with Crippen LogP contribution in [0, 0.1) is 11.8 Å². The number of hydrogen-bond acceptors (Lipinski definition) is 4. The van der Waals surface area contributed by atoms with Crippen LogP contribution in [0.3, 0.4) is 0 Å². The van der Waals surface area contributed by atoms with Gasteiger partial charge in [0.2, 0.25) is 5.91 Å². The predicted molar refractivity (Wildman–Crippen MR) is 61.1 cm³/mol. The number of carboxylic acids is 1. The van der Waals surface area contributed by atoms with Crippen LogP contribution in [0.25, 0.3) is 0 Å². The van der Waals surface area contributed by atoms with Crippen molar-refractivity contribution in [3.63, 3.8) is 0 Å². The number of piperidine rings is 1. The van der Waals surface area contributed by atoms with Crippen molar-refractivity contribution in [3.8, 4) is 0 Å². The van der Waals surface area contributed by atoms with Gasteiger partial charge in [-0.25, -0.2) is 10.3 Å². The summed E-state index contributed by atoms with van der Waals surface area (Å²) in [5.74, 6) is -0.579. The molecule has 0 spiro atoms. The number of hydroxylamine groups is 1. The normalized spacial score (nSPS) is 21.8. The van der Waals surface area contributed by atoms with Gasteiger partial charge in [-0.3, -0.25) is 9.63 Å². The van der Waals surface area contributed by atoms with Crippen molar-refractivity contribution in [3.05, 3.63) is 0 Å². The summed E-state index contributed by atoms with van der Waals surface area (Å²) in [6.45, 7) is 3.53. The van der Waals surface area contributed by atoms with E-state index in [0.29, 0.717) is 12.3 Å². The Hall–Kier alpha value is -1.14. The monoisotopic (exact) mass is 244 g/mol. The number of rotatable bonds is 6. The Kier molecular flexibility index (Phi) is 5.93. The van der Waals surface area contributed by atoms with E-state index in [-0.39, 0.29) is 11.8 Å². The largest absolute Gasteiger partial charge is 0.479 e. The lowest BCUT2D eigenvalue weighted by Crippen LogP contribution is -2.36. The molecular weight excluding hydrogens is 224 g/mol. The van der Waals surface area contributed by atoms with E-state index < -0.39 is 12.6 Å². The van der Waals surface area contributed by atoms with Crippen LogP contribution in [0.15, 0.2) is 0 Å². The average molecular weight is 244 g/mol. The van der Waals surface area contributed by atoms with Gasteiger partial charge in [-0.2, -0.15) is 0 Å². The number of nitrogens with one attached hydrogen (secondary N) is 2. The molecule has 0 aromatic heterocycles. The molecule has 0 aromatic rings. The second-order valence-electron chi connectivity index (χ2n) is 4.50. The van der Waals surface area contributed by atoms with Crippen LogP contribution in [-0.2, 0) is 14.4 Å². The lowest BCUT2D eigenvalue weighted by atomic mass is 9.85. The molecule has 0 bridgehead atoms. The fraction of sp³-hybridized carbons (Fsp3) is 0.818. The number of amides is 1. The van der Waals surface area contributed by atoms with E-state index in [1.165, 1.54) is 0 Å². The molecule has 6 nitrogen and oxygen atoms in total. The first-order chi connectivity index (χ1) is 8.09. The minimum absolute atomic E-state index is 0.260. The summed E-state index contributed by atoms with van der Waals surface area (Å²) in [4.78, 5) is 26.1. The first-order valence-electron chi connectivity index (χ1n) is 5.92. The molecule has 0 aromatic carbocycles. The predicted octanol–water partition coefficient (Wildman–Crippen LogP) is 0.145. The summed E-state index contributed by atoms with van der Waals surface area (Å²) in [5.41, 5.74) is 2.14. The summed E-state index contributed by atoms with van der Waals surface area (Å²) < 4.78 is 0. The number of aliphatic carboxylic acids is 1. The van der Waals surface area contributed by atoms with Crippen LogP contribution in [0.1, 0.15) is 26.2 Å². The lowest BCUT2D eigenvalue weighted by Gasteiger charge is -2.27. The highest BCUT2D eigenvalue weighted by molar-refractivity contribution is 5.75. The zero-order valence-corrected chi connectivity index (χ0v) is 10.1. The SMILES string of the molecule is CC(CC(=O)NOCC(=O)O)C1CCCNC1. The third kappa shape index (κ3) is 5.65. The molecule has 1 aliphatic heterocycles. The van der Waals surface area contributed by atoms with Crippen LogP contribution < -0.4 is 10.8 Å². The number of carbonyl (C=O) groups excluding carboxylic acids is 1. The average Bonchev–Trinajstić information content (AvgIpc) is 2.29. The van der Waals surface area contributed by atoms with Crippen LogP contribution in [0.5, 0.6) is 0 Å². The molecule has 0 aliphatic carbocycles.